The minimum Gasteiger partial charge on any atom is -0.496 e. The van der Waals surface area contributed by atoms with Crippen molar-refractivity contribution in [1.29, 1.82) is 0 Å². The number of alkyl halides is 7. The number of anilines is 1. The van der Waals surface area contributed by atoms with E-state index in [-0.39, 0.29) is 50.4 Å². The number of nitrogens with zero attached hydrogens (tertiary/aromatic N) is 4. The summed E-state index contributed by atoms with van der Waals surface area (Å²) in [6, 6.07) is 4.16. The Morgan fingerprint density at radius 3 is 2.47 bits per heavy atom. The summed E-state index contributed by atoms with van der Waals surface area (Å²) in [4.78, 5) is 35.9. The second-order valence-electron chi connectivity index (χ2n) is 11.6. The molecule has 1 unspecified atom stereocenters. The highest BCUT2D eigenvalue weighted by Gasteiger charge is 2.48. The maximum Gasteiger partial charge on any atom is 0.412 e. The molecule has 1 aliphatic carbocycles. The van der Waals surface area contributed by atoms with E-state index in [0.717, 1.165) is 0 Å². The van der Waals surface area contributed by atoms with Crippen LogP contribution in [0.25, 0.3) is 11.1 Å². The van der Waals surface area contributed by atoms with Crippen LogP contribution in [-0.2, 0) is 22.4 Å². The van der Waals surface area contributed by atoms with Gasteiger partial charge in [-0.15, -0.1) is 0 Å². The van der Waals surface area contributed by atoms with Gasteiger partial charge < -0.3 is 24.4 Å². The molecular weight excluding hydrogens is 641 g/mol. The number of carbonyl (C=O) groups is 2. The van der Waals surface area contributed by atoms with Crippen LogP contribution in [0.15, 0.2) is 47.7 Å². The summed E-state index contributed by atoms with van der Waals surface area (Å²) in [5.41, 5.74) is 0.318. The molecule has 2 aliphatic heterocycles. The maximum atomic E-state index is 13.6. The molecular formula is C31H31F7N4O5. The van der Waals surface area contributed by atoms with Gasteiger partial charge in [-0.25, -0.2) is 19.2 Å². The average Bonchev–Trinajstić information content (AvgIpc) is 3.28. The summed E-state index contributed by atoms with van der Waals surface area (Å²) in [5, 5.41) is 9.13. The van der Waals surface area contributed by atoms with Gasteiger partial charge in [0.15, 0.2) is 0 Å². The van der Waals surface area contributed by atoms with Gasteiger partial charge in [0.25, 0.3) is 0 Å². The van der Waals surface area contributed by atoms with Crippen LogP contribution in [0.5, 0.6) is 5.75 Å². The third-order valence-electron chi connectivity index (χ3n) is 8.43. The molecule has 47 heavy (non-hydrogen) atoms. The zero-order chi connectivity index (χ0) is 34.3. The van der Waals surface area contributed by atoms with Crippen molar-refractivity contribution in [2.45, 2.75) is 63.3 Å². The Morgan fingerprint density at radius 2 is 1.85 bits per heavy atom. The number of aryl methyl sites for hydroxylation is 1. The molecule has 0 saturated carbocycles. The van der Waals surface area contributed by atoms with E-state index in [1.165, 1.54) is 25.1 Å². The van der Waals surface area contributed by atoms with Crippen molar-refractivity contribution in [2.24, 2.45) is 5.92 Å². The second kappa shape index (κ2) is 13.0. The fourth-order valence-electron chi connectivity index (χ4n) is 5.83. The first-order valence-electron chi connectivity index (χ1n) is 14.7. The third-order valence-corrected chi connectivity index (χ3v) is 8.43. The number of aliphatic carboxylic acids is 1. The van der Waals surface area contributed by atoms with Gasteiger partial charge >= 0.3 is 24.4 Å². The Morgan fingerprint density at radius 1 is 1.13 bits per heavy atom. The van der Waals surface area contributed by atoms with Gasteiger partial charge in [-0.2, -0.15) is 26.3 Å². The number of carbonyl (C=O) groups excluding carboxylic acids is 1. The van der Waals surface area contributed by atoms with Crippen molar-refractivity contribution in [3.63, 3.8) is 0 Å². The Kier molecular flexibility index (Phi) is 9.42. The van der Waals surface area contributed by atoms with Crippen molar-refractivity contribution in [3.05, 3.63) is 59.0 Å². The van der Waals surface area contributed by atoms with Crippen LogP contribution in [0.2, 0.25) is 0 Å². The fourth-order valence-corrected chi connectivity index (χ4v) is 5.83. The molecule has 9 nitrogen and oxygen atoms in total. The summed E-state index contributed by atoms with van der Waals surface area (Å²) in [6.45, 7) is 1.53. The van der Waals surface area contributed by atoms with Gasteiger partial charge in [-0.3, -0.25) is 4.79 Å². The molecule has 2 fully saturated rings. The zero-order valence-electron chi connectivity index (χ0n) is 25.2. The van der Waals surface area contributed by atoms with Crippen molar-refractivity contribution < 1.29 is 54.9 Å². The lowest BCUT2D eigenvalue weighted by atomic mass is 9.86. The maximum absolute atomic E-state index is 13.6. The predicted octanol–water partition coefficient (Wildman–Crippen LogP) is 6.08. The number of aromatic nitrogens is 2. The first kappa shape index (κ1) is 34.0. The Hall–Kier alpha value is -4.37. The van der Waals surface area contributed by atoms with E-state index < -0.39 is 60.6 Å². The highest BCUT2D eigenvalue weighted by Crippen LogP contribution is 2.43. The molecule has 1 amide bonds. The van der Waals surface area contributed by atoms with Gasteiger partial charge in [-0.05, 0) is 49.1 Å². The van der Waals surface area contributed by atoms with Gasteiger partial charge in [0.05, 0.1) is 37.9 Å². The van der Waals surface area contributed by atoms with Gasteiger partial charge in [-0.1, -0.05) is 12.1 Å². The molecule has 1 aromatic carbocycles. The first-order chi connectivity index (χ1) is 22.0. The number of cyclic esters (lactones) is 1. The highest BCUT2D eigenvalue weighted by molar-refractivity contribution is 5.74. The number of ether oxygens (including phenoxy) is 2. The van der Waals surface area contributed by atoms with Crippen LogP contribution in [0, 0.1) is 5.92 Å². The number of hydrogen-bond donors (Lipinski definition) is 1. The Balaban J connectivity index is 1.44. The number of hydrogen-bond acceptors (Lipinski definition) is 7. The van der Waals surface area contributed by atoms with Crippen LogP contribution in [0.1, 0.15) is 31.0 Å². The van der Waals surface area contributed by atoms with E-state index in [0.29, 0.717) is 40.3 Å². The van der Waals surface area contributed by atoms with E-state index in [2.05, 4.69) is 9.97 Å². The molecule has 254 valence electrons. The van der Waals surface area contributed by atoms with Crippen LogP contribution < -0.4 is 9.64 Å². The molecule has 3 atom stereocenters. The van der Waals surface area contributed by atoms with E-state index in [9.17, 15) is 40.3 Å². The van der Waals surface area contributed by atoms with Crippen LogP contribution >= 0.6 is 0 Å². The summed E-state index contributed by atoms with van der Waals surface area (Å²) < 4.78 is 106. The van der Waals surface area contributed by atoms with E-state index in [4.69, 9.17) is 14.6 Å². The summed E-state index contributed by atoms with van der Waals surface area (Å²) in [7, 11) is 1.44. The minimum absolute atomic E-state index is 0.0419. The van der Waals surface area contributed by atoms with Crippen LogP contribution in [0.4, 0.5) is 41.5 Å². The SMILES string of the molecule is COc1ccc(CCC(=O)O)cc1-c1cnc(N2CC(F)C2)nc1CCN1C(=O)O[C@H](C2=CC(C(F)(F)F)CC(C(F)(F)F)=C2)[C@@H]1C. The van der Waals surface area contributed by atoms with E-state index in [1.54, 1.807) is 23.1 Å². The monoisotopic (exact) mass is 672 g/mol. The van der Waals surface area contributed by atoms with Crippen LogP contribution in [-0.4, -0.2) is 89.5 Å². The Bertz CT molecular complexity index is 1590. The van der Waals surface area contributed by atoms with E-state index >= 15 is 0 Å². The molecule has 5 rings (SSSR count). The molecule has 3 heterocycles. The predicted molar refractivity (Wildman–Crippen MR) is 154 cm³/mol. The number of allylic oxidation sites excluding steroid dienone is 2. The van der Waals surface area contributed by atoms with Crippen molar-refractivity contribution in [3.8, 4) is 16.9 Å². The molecule has 0 spiro atoms. The number of amides is 1. The number of halogens is 7. The number of rotatable bonds is 10. The molecule has 16 heteroatoms. The molecule has 0 radical (unpaired) electrons. The van der Waals surface area contributed by atoms with Gasteiger partial charge in [0.1, 0.15) is 18.0 Å². The largest absolute Gasteiger partial charge is 0.496 e. The van der Waals surface area contributed by atoms with Crippen LogP contribution in [0.3, 0.4) is 0 Å². The standard InChI is InChI=1S/C31H31F7N4O5/c1-16-27(18-10-19(30(33,34)35)12-20(11-18)31(36,37)38)47-29(45)42(16)8-7-24-23(13-39-28(40-24)41-14-21(32)15-41)22-9-17(4-6-26(43)44)3-5-25(22)46-2/h3,5,9-11,13,16,19,21,27H,4,6-8,12,14-15H2,1-2H3,(H,43,44)/t16-,19?,27-/m0/s1. The third kappa shape index (κ3) is 7.46. The minimum atomic E-state index is -5.00. The molecule has 1 aromatic heterocycles. The summed E-state index contributed by atoms with van der Waals surface area (Å²) in [5.74, 6) is -2.74. The number of carboxylic acids is 1. The average molecular weight is 673 g/mol. The number of methoxy groups -OCH3 is 1. The van der Waals surface area contributed by atoms with Gasteiger partial charge in [0, 0.05) is 42.3 Å². The quantitative estimate of drug-likeness (QED) is 0.303. The molecule has 1 N–H and O–H groups in total. The molecule has 0 bridgehead atoms. The smallest absolute Gasteiger partial charge is 0.412 e. The van der Waals surface area contributed by atoms with Crippen molar-refractivity contribution in [2.75, 3.05) is 31.6 Å². The molecule has 3 aliphatic rings. The lowest BCUT2D eigenvalue weighted by Crippen LogP contribution is -2.49. The normalized spacial score (nSPS) is 22.1. The molecule has 2 aromatic rings. The number of benzene rings is 1. The lowest BCUT2D eigenvalue weighted by molar-refractivity contribution is -0.166. The first-order valence-corrected chi connectivity index (χ1v) is 14.7. The van der Waals surface area contributed by atoms with E-state index in [1.807, 2.05) is 0 Å². The van der Waals surface area contributed by atoms with Crippen molar-refractivity contribution >= 4 is 18.0 Å². The summed E-state index contributed by atoms with van der Waals surface area (Å²) >= 11 is 0. The van der Waals surface area contributed by atoms with Crippen molar-refractivity contribution in [1.82, 2.24) is 14.9 Å². The number of carboxylic acid groups (broad SMARTS) is 1. The second-order valence-corrected chi connectivity index (χ2v) is 11.6. The lowest BCUT2D eigenvalue weighted by Gasteiger charge is -2.34. The highest BCUT2D eigenvalue weighted by atomic mass is 19.4. The Labute approximate surface area is 264 Å². The summed E-state index contributed by atoms with van der Waals surface area (Å²) in [6.07, 6.45) is -11.6. The fraction of sp³-hybridized carbons (Fsp3) is 0.484. The zero-order valence-corrected chi connectivity index (χ0v) is 25.2. The van der Waals surface area contributed by atoms with Gasteiger partial charge in [0.2, 0.25) is 5.95 Å². The molecule has 2 saturated heterocycles. The topological polar surface area (TPSA) is 105 Å².